The molecule has 0 saturated heterocycles. The van der Waals surface area contributed by atoms with Crippen molar-refractivity contribution in [2.24, 2.45) is 0 Å². The Kier molecular flexibility index (Phi) is 2.45. The molecular formula is C10H13NO3. The molecule has 0 aliphatic carbocycles. The summed E-state index contributed by atoms with van der Waals surface area (Å²) in [5, 5.41) is 3.07. The molecule has 0 amide bonds. The third-order valence-electron chi connectivity index (χ3n) is 2.14. The summed E-state index contributed by atoms with van der Waals surface area (Å²) in [4.78, 5) is 0. The standard InChI is InChI=1S/C10H13NO3/c1-11-5-7-3-9-10(14-6-13-9)4-8(7)12-2/h3-4,11H,5-6H2,1-2H3. The van der Waals surface area contributed by atoms with Crippen molar-refractivity contribution in [1.29, 1.82) is 0 Å². The predicted molar refractivity (Wildman–Crippen MR) is 51.9 cm³/mol. The minimum Gasteiger partial charge on any atom is -0.496 e. The van der Waals surface area contributed by atoms with E-state index in [1.165, 1.54) is 0 Å². The Bertz CT molecular complexity index is 338. The largest absolute Gasteiger partial charge is 0.496 e. The van der Waals surface area contributed by atoms with Gasteiger partial charge in [-0.2, -0.15) is 0 Å². The van der Waals surface area contributed by atoms with Crippen LogP contribution in [0.1, 0.15) is 5.56 Å². The first-order chi connectivity index (χ1) is 6.85. The fraction of sp³-hybridized carbons (Fsp3) is 0.400. The molecule has 2 rings (SSSR count). The van der Waals surface area contributed by atoms with E-state index in [2.05, 4.69) is 5.32 Å². The zero-order valence-electron chi connectivity index (χ0n) is 8.29. The molecule has 1 heterocycles. The minimum atomic E-state index is 0.293. The molecule has 0 atom stereocenters. The highest BCUT2D eigenvalue weighted by atomic mass is 16.7. The molecule has 1 N–H and O–H groups in total. The summed E-state index contributed by atoms with van der Waals surface area (Å²) in [6, 6.07) is 3.80. The van der Waals surface area contributed by atoms with Gasteiger partial charge in [0.15, 0.2) is 11.5 Å². The maximum absolute atomic E-state index is 5.28. The zero-order chi connectivity index (χ0) is 9.97. The van der Waals surface area contributed by atoms with Gasteiger partial charge in [0.1, 0.15) is 5.75 Å². The van der Waals surface area contributed by atoms with Crippen molar-refractivity contribution in [3.8, 4) is 17.2 Å². The molecule has 1 aromatic carbocycles. The van der Waals surface area contributed by atoms with E-state index in [0.29, 0.717) is 6.79 Å². The molecule has 0 unspecified atom stereocenters. The Morgan fingerprint density at radius 1 is 1.36 bits per heavy atom. The van der Waals surface area contributed by atoms with Crippen molar-refractivity contribution < 1.29 is 14.2 Å². The van der Waals surface area contributed by atoms with Crippen LogP contribution in [0.3, 0.4) is 0 Å². The summed E-state index contributed by atoms with van der Waals surface area (Å²) in [6.07, 6.45) is 0. The van der Waals surface area contributed by atoms with Gasteiger partial charge in [0.05, 0.1) is 7.11 Å². The minimum absolute atomic E-state index is 0.293. The summed E-state index contributed by atoms with van der Waals surface area (Å²) in [6.45, 7) is 1.04. The van der Waals surface area contributed by atoms with Gasteiger partial charge in [-0.1, -0.05) is 0 Å². The normalized spacial score (nSPS) is 13.0. The van der Waals surface area contributed by atoms with Crippen LogP contribution in [0.25, 0.3) is 0 Å². The van der Waals surface area contributed by atoms with Crippen molar-refractivity contribution in [3.63, 3.8) is 0 Å². The van der Waals surface area contributed by atoms with Crippen LogP contribution in [0, 0.1) is 0 Å². The molecule has 0 bridgehead atoms. The predicted octanol–water partition coefficient (Wildman–Crippen LogP) is 1.14. The van der Waals surface area contributed by atoms with Gasteiger partial charge in [0, 0.05) is 18.2 Å². The molecule has 4 heteroatoms. The average Bonchev–Trinajstić information content (AvgIpc) is 2.64. The lowest BCUT2D eigenvalue weighted by molar-refractivity contribution is 0.174. The second-order valence-electron chi connectivity index (χ2n) is 3.05. The number of benzene rings is 1. The quantitative estimate of drug-likeness (QED) is 0.785. The summed E-state index contributed by atoms with van der Waals surface area (Å²) in [7, 11) is 3.54. The van der Waals surface area contributed by atoms with Crippen LogP contribution in [0.2, 0.25) is 0 Å². The highest BCUT2D eigenvalue weighted by molar-refractivity contribution is 5.51. The smallest absolute Gasteiger partial charge is 0.231 e. The van der Waals surface area contributed by atoms with Crippen LogP contribution in [0.5, 0.6) is 17.2 Å². The van der Waals surface area contributed by atoms with Crippen molar-refractivity contribution in [1.82, 2.24) is 5.32 Å². The van der Waals surface area contributed by atoms with Gasteiger partial charge >= 0.3 is 0 Å². The Hall–Kier alpha value is -1.42. The Morgan fingerprint density at radius 3 is 2.71 bits per heavy atom. The SMILES string of the molecule is CNCc1cc2c(cc1OC)OCO2. The molecule has 0 saturated carbocycles. The zero-order valence-corrected chi connectivity index (χ0v) is 8.29. The molecule has 14 heavy (non-hydrogen) atoms. The van der Waals surface area contributed by atoms with E-state index in [1.807, 2.05) is 19.2 Å². The lowest BCUT2D eigenvalue weighted by Crippen LogP contribution is -2.06. The number of hydrogen-bond acceptors (Lipinski definition) is 4. The summed E-state index contributed by atoms with van der Waals surface area (Å²) in [5.41, 5.74) is 1.07. The van der Waals surface area contributed by atoms with Gasteiger partial charge in [0.2, 0.25) is 6.79 Å². The number of nitrogens with one attached hydrogen (secondary N) is 1. The van der Waals surface area contributed by atoms with Gasteiger partial charge in [0.25, 0.3) is 0 Å². The lowest BCUT2D eigenvalue weighted by Gasteiger charge is -2.08. The average molecular weight is 195 g/mol. The van der Waals surface area contributed by atoms with Gasteiger partial charge in [-0.3, -0.25) is 0 Å². The molecule has 0 aromatic heterocycles. The van der Waals surface area contributed by atoms with Gasteiger partial charge in [-0.25, -0.2) is 0 Å². The van der Waals surface area contributed by atoms with Crippen molar-refractivity contribution in [2.45, 2.75) is 6.54 Å². The topological polar surface area (TPSA) is 39.7 Å². The van der Waals surface area contributed by atoms with Gasteiger partial charge in [-0.05, 0) is 13.1 Å². The van der Waals surface area contributed by atoms with E-state index in [4.69, 9.17) is 14.2 Å². The molecule has 1 aliphatic rings. The first kappa shape index (κ1) is 9.15. The molecular weight excluding hydrogens is 182 g/mol. The van der Waals surface area contributed by atoms with E-state index < -0.39 is 0 Å². The van der Waals surface area contributed by atoms with E-state index in [0.717, 1.165) is 29.4 Å². The van der Waals surface area contributed by atoms with Crippen LogP contribution < -0.4 is 19.5 Å². The number of ether oxygens (including phenoxy) is 3. The first-order valence-corrected chi connectivity index (χ1v) is 4.46. The molecule has 4 nitrogen and oxygen atoms in total. The van der Waals surface area contributed by atoms with E-state index in [-0.39, 0.29) is 0 Å². The van der Waals surface area contributed by atoms with Crippen molar-refractivity contribution in [3.05, 3.63) is 17.7 Å². The van der Waals surface area contributed by atoms with Crippen molar-refractivity contribution >= 4 is 0 Å². The number of hydrogen-bond donors (Lipinski definition) is 1. The Morgan fingerprint density at radius 2 is 2.07 bits per heavy atom. The summed E-state index contributed by atoms with van der Waals surface area (Å²) < 4.78 is 15.8. The van der Waals surface area contributed by atoms with E-state index in [9.17, 15) is 0 Å². The summed E-state index contributed by atoms with van der Waals surface area (Å²) >= 11 is 0. The summed E-state index contributed by atoms with van der Waals surface area (Å²) in [5.74, 6) is 2.36. The second kappa shape index (κ2) is 3.75. The molecule has 0 radical (unpaired) electrons. The lowest BCUT2D eigenvalue weighted by atomic mass is 10.1. The van der Waals surface area contributed by atoms with Gasteiger partial charge < -0.3 is 19.5 Å². The monoisotopic (exact) mass is 195 g/mol. The number of rotatable bonds is 3. The van der Waals surface area contributed by atoms with E-state index >= 15 is 0 Å². The van der Waals surface area contributed by atoms with Gasteiger partial charge in [-0.15, -0.1) is 0 Å². The number of fused-ring (bicyclic) bond motifs is 1. The highest BCUT2D eigenvalue weighted by Crippen LogP contribution is 2.37. The molecule has 76 valence electrons. The van der Waals surface area contributed by atoms with E-state index in [1.54, 1.807) is 7.11 Å². The first-order valence-electron chi connectivity index (χ1n) is 4.46. The maximum atomic E-state index is 5.28. The Labute approximate surface area is 82.8 Å². The van der Waals surface area contributed by atoms with Crippen LogP contribution in [-0.2, 0) is 6.54 Å². The third kappa shape index (κ3) is 1.48. The van der Waals surface area contributed by atoms with Crippen LogP contribution in [0.4, 0.5) is 0 Å². The highest BCUT2D eigenvalue weighted by Gasteiger charge is 2.17. The maximum Gasteiger partial charge on any atom is 0.231 e. The molecule has 0 spiro atoms. The van der Waals surface area contributed by atoms with Crippen LogP contribution in [0.15, 0.2) is 12.1 Å². The molecule has 0 fully saturated rings. The second-order valence-corrected chi connectivity index (χ2v) is 3.05. The fourth-order valence-electron chi connectivity index (χ4n) is 1.48. The van der Waals surface area contributed by atoms with Crippen LogP contribution in [-0.4, -0.2) is 21.0 Å². The molecule has 1 aromatic rings. The third-order valence-corrected chi connectivity index (χ3v) is 2.14. The molecule has 1 aliphatic heterocycles. The fourth-order valence-corrected chi connectivity index (χ4v) is 1.48. The van der Waals surface area contributed by atoms with Crippen molar-refractivity contribution in [2.75, 3.05) is 21.0 Å². The number of methoxy groups -OCH3 is 1. The van der Waals surface area contributed by atoms with Crippen LogP contribution >= 0.6 is 0 Å². The Balaban J connectivity index is 2.38.